The number of rotatable bonds is 1. The van der Waals surface area contributed by atoms with Gasteiger partial charge in [-0.15, -0.1) is 6.26 Å². The van der Waals surface area contributed by atoms with Crippen molar-refractivity contribution in [3.05, 3.63) is 0 Å². The molecule has 0 atom stereocenters. The monoisotopic (exact) mass is 120 g/mol. The predicted octanol–water partition coefficient (Wildman–Crippen LogP) is 1.17. The van der Waals surface area contributed by atoms with Crippen molar-refractivity contribution in [2.45, 2.75) is 19.9 Å². The summed E-state index contributed by atoms with van der Waals surface area (Å²) >= 11 is 0. The van der Waals surface area contributed by atoms with Crippen LogP contribution in [0.2, 0.25) is 0 Å². The van der Waals surface area contributed by atoms with E-state index in [1.54, 1.807) is 6.26 Å². The first-order valence-electron chi connectivity index (χ1n) is 2.17. The highest BCUT2D eigenvalue weighted by atomic mass is 32.2. The Kier molecular flexibility index (Phi) is 3.00. The van der Waals surface area contributed by atoms with Gasteiger partial charge in [-0.1, -0.05) is 0 Å². The van der Waals surface area contributed by atoms with Crippen molar-refractivity contribution in [3.8, 4) is 0 Å². The first kappa shape index (κ1) is 6.95. The molecule has 0 fully saturated rings. The van der Waals surface area contributed by atoms with E-state index >= 15 is 0 Å². The fourth-order valence-electron chi connectivity index (χ4n) is 0.297. The molecule has 0 N–H and O–H groups in total. The Morgan fingerprint density at radius 3 is 2.00 bits per heavy atom. The summed E-state index contributed by atoms with van der Waals surface area (Å²) in [6.07, 6.45) is 1.57. The maximum atomic E-state index is 10.2. The predicted molar refractivity (Wildman–Crippen MR) is 31.5 cm³/mol. The molecule has 2 nitrogen and oxygen atoms in total. The molecule has 44 valence electrons. The van der Waals surface area contributed by atoms with Gasteiger partial charge in [0.05, 0.1) is 0 Å². The van der Waals surface area contributed by atoms with E-state index in [-0.39, 0.29) is 6.04 Å². The average molecular weight is 120 g/mol. The van der Waals surface area contributed by atoms with E-state index in [0.717, 1.165) is 0 Å². The van der Waals surface area contributed by atoms with E-state index in [2.05, 4.69) is 4.36 Å². The van der Waals surface area contributed by atoms with Crippen LogP contribution in [0.5, 0.6) is 0 Å². The topological polar surface area (TPSA) is 29.4 Å². The van der Waals surface area contributed by atoms with E-state index in [1.807, 2.05) is 13.8 Å². The van der Waals surface area contributed by atoms with Gasteiger partial charge in [0, 0.05) is 6.04 Å². The van der Waals surface area contributed by atoms with Crippen molar-refractivity contribution in [3.63, 3.8) is 0 Å². The maximum absolute atomic E-state index is 10.2. The molecule has 0 spiro atoms. The minimum absolute atomic E-state index is 0.200. The summed E-state index contributed by atoms with van der Waals surface area (Å²) in [5.41, 5.74) is 0. The van der Waals surface area contributed by atoms with Gasteiger partial charge < -0.3 is 8.57 Å². The van der Waals surface area contributed by atoms with E-state index in [9.17, 15) is 4.21 Å². The summed E-state index contributed by atoms with van der Waals surface area (Å²) in [7, 11) is -0.971. The summed E-state index contributed by atoms with van der Waals surface area (Å²) in [6.45, 7) is 3.81. The molecular formula is C4H10NOS-. The Morgan fingerprint density at radius 1 is 1.57 bits per heavy atom. The van der Waals surface area contributed by atoms with Crippen LogP contribution in [0.4, 0.5) is 0 Å². The van der Waals surface area contributed by atoms with Gasteiger partial charge in [-0.3, -0.25) is 0 Å². The van der Waals surface area contributed by atoms with Crippen LogP contribution in [0.3, 0.4) is 0 Å². The van der Waals surface area contributed by atoms with E-state index in [0.29, 0.717) is 0 Å². The van der Waals surface area contributed by atoms with E-state index in [1.165, 1.54) is 0 Å². The maximum Gasteiger partial charge on any atom is 0.0180 e. The van der Waals surface area contributed by atoms with E-state index < -0.39 is 10.6 Å². The van der Waals surface area contributed by atoms with E-state index in [4.69, 9.17) is 0 Å². The molecule has 0 amide bonds. The lowest BCUT2D eigenvalue weighted by Gasteiger charge is -1.98. The third kappa shape index (κ3) is 5.95. The second-order valence-electron chi connectivity index (χ2n) is 1.62. The molecule has 0 radical (unpaired) electrons. The van der Waals surface area contributed by atoms with Crippen molar-refractivity contribution in [1.29, 1.82) is 0 Å². The number of nitrogens with zero attached hydrogens (tertiary/aromatic N) is 1. The van der Waals surface area contributed by atoms with Crippen LogP contribution < -0.4 is 0 Å². The average Bonchev–Trinajstić information content (AvgIpc) is 1.27. The molecule has 0 heterocycles. The molecule has 7 heavy (non-hydrogen) atoms. The fourth-order valence-corrected chi connectivity index (χ4v) is 0.891. The first-order valence-corrected chi connectivity index (χ1v) is 3.69. The summed E-state index contributed by atoms with van der Waals surface area (Å²) in [4.78, 5) is 0. The highest BCUT2D eigenvalue weighted by Gasteiger charge is 1.74. The van der Waals surface area contributed by atoms with Crippen LogP contribution in [0.15, 0.2) is 4.36 Å². The minimum atomic E-state index is -0.971. The van der Waals surface area contributed by atoms with Crippen LogP contribution in [-0.2, 0) is 14.8 Å². The number of hydrogen-bond donors (Lipinski definition) is 0. The molecule has 0 aromatic rings. The van der Waals surface area contributed by atoms with Crippen LogP contribution in [0, 0.1) is 0 Å². The largest absolute Gasteiger partial charge is 0.445 e. The molecule has 3 heteroatoms. The van der Waals surface area contributed by atoms with Crippen molar-refractivity contribution >= 4 is 10.6 Å². The van der Waals surface area contributed by atoms with Crippen LogP contribution in [0.1, 0.15) is 13.8 Å². The molecule has 0 saturated heterocycles. The zero-order valence-corrected chi connectivity index (χ0v) is 5.66. The van der Waals surface area contributed by atoms with Crippen LogP contribution in [-0.4, -0.2) is 12.3 Å². The third-order valence-corrected chi connectivity index (χ3v) is 1.08. The second-order valence-corrected chi connectivity index (χ2v) is 2.68. The minimum Gasteiger partial charge on any atom is -0.445 e. The molecule has 0 saturated carbocycles. The lowest BCUT2D eigenvalue weighted by atomic mass is 10.4. The zero-order valence-electron chi connectivity index (χ0n) is 4.84. The molecule has 0 aliphatic carbocycles. The van der Waals surface area contributed by atoms with Crippen molar-refractivity contribution in [2.24, 2.45) is 4.36 Å². The zero-order chi connectivity index (χ0) is 5.86. The van der Waals surface area contributed by atoms with Gasteiger partial charge >= 0.3 is 0 Å². The SMILES string of the molecule is CC(C)N=[S-](C)=O. The van der Waals surface area contributed by atoms with Gasteiger partial charge in [-0.2, -0.15) is 10.6 Å². The summed E-state index contributed by atoms with van der Waals surface area (Å²) in [6, 6.07) is 0.200. The Morgan fingerprint density at radius 2 is 2.00 bits per heavy atom. The normalized spacial score (nSPS) is 15.4. The van der Waals surface area contributed by atoms with Crippen molar-refractivity contribution < 1.29 is 4.21 Å². The summed E-state index contributed by atoms with van der Waals surface area (Å²) < 4.78 is 13.9. The molecule has 0 aliphatic rings. The Hall–Kier alpha value is -0.0500. The smallest absolute Gasteiger partial charge is 0.0180 e. The van der Waals surface area contributed by atoms with Gasteiger partial charge in [0.15, 0.2) is 0 Å². The molecule has 0 unspecified atom stereocenters. The summed E-state index contributed by atoms with van der Waals surface area (Å²) in [5, 5.41) is 0. The molecule has 0 aliphatic heterocycles. The third-order valence-electron chi connectivity index (χ3n) is 0.359. The fraction of sp³-hybridized carbons (Fsp3) is 1.00. The Bertz CT molecular complexity index is 113. The van der Waals surface area contributed by atoms with Crippen molar-refractivity contribution in [1.82, 2.24) is 0 Å². The second kappa shape index (κ2) is 3.02. The quantitative estimate of drug-likeness (QED) is 0.478. The Balaban J connectivity index is 3.68. The highest BCUT2D eigenvalue weighted by Crippen LogP contribution is 1.83. The molecular weight excluding hydrogens is 110 g/mol. The summed E-state index contributed by atoms with van der Waals surface area (Å²) in [5.74, 6) is 0. The van der Waals surface area contributed by atoms with Crippen LogP contribution in [0.25, 0.3) is 0 Å². The molecule has 0 aromatic carbocycles. The van der Waals surface area contributed by atoms with Crippen molar-refractivity contribution in [2.75, 3.05) is 6.26 Å². The molecule has 0 rings (SSSR count). The number of hydrogen-bond acceptors (Lipinski definition) is 3. The first-order chi connectivity index (χ1) is 3.13. The standard InChI is InChI=1S/C4H10NOS/c1-4(2)5-7(3)6/h4H,1-3H3/q-1. The lowest BCUT2D eigenvalue weighted by molar-refractivity contribution is 0.600. The highest BCUT2D eigenvalue weighted by molar-refractivity contribution is 7.74. The van der Waals surface area contributed by atoms with Gasteiger partial charge in [0.2, 0.25) is 0 Å². The van der Waals surface area contributed by atoms with Crippen LogP contribution >= 0.6 is 0 Å². The van der Waals surface area contributed by atoms with Gasteiger partial charge in [-0.05, 0) is 13.8 Å². The molecule has 0 bridgehead atoms. The van der Waals surface area contributed by atoms with Gasteiger partial charge in [-0.25, -0.2) is 0 Å². The van der Waals surface area contributed by atoms with Gasteiger partial charge in [0.25, 0.3) is 0 Å². The van der Waals surface area contributed by atoms with Gasteiger partial charge in [0.1, 0.15) is 0 Å². The Labute approximate surface area is 46.1 Å². The lowest BCUT2D eigenvalue weighted by Crippen LogP contribution is -1.86. The molecule has 0 aromatic heterocycles.